The summed E-state index contributed by atoms with van der Waals surface area (Å²) in [6.45, 7) is 3.42. The summed E-state index contributed by atoms with van der Waals surface area (Å²) in [4.78, 5) is 15.1. The van der Waals surface area contributed by atoms with Gasteiger partial charge in [-0.05, 0) is 67.8 Å². The lowest BCUT2D eigenvalue weighted by Crippen LogP contribution is -2.40. The minimum atomic E-state index is -0.197. The molecule has 1 amide bonds. The maximum atomic E-state index is 12.9. The lowest BCUT2D eigenvalue weighted by atomic mass is 9.91. The predicted molar refractivity (Wildman–Crippen MR) is 88.0 cm³/mol. The van der Waals surface area contributed by atoms with E-state index in [0.29, 0.717) is 16.5 Å². The molecule has 122 valence electrons. The van der Waals surface area contributed by atoms with Gasteiger partial charge in [0.05, 0.1) is 5.69 Å². The van der Waals surface area contributed by atoms with Crippen molar-refractivity contribution < 1.29 is 9.18 Å². The maximum absolute atomic E-state index is 12.9. The number of amides is 1. The van der Waals surface area contributed by atoms with E-state index < -0.39 is 0 Å². The van der Waals surface area contributed by atoms with Gasteiger partial charge in [0.25, 0.3) is 5.91 Å². The molecule has 0 N–H and O–H groups in total. The number of hydrogen-bond donors (Lipinski definition) is 0. The summed E-state index contributed by atoms with van der Waals surface area (Å²) in [5, 5.41) is 3.93. The number of nitrogens with zero attached hydrogens (tertiary/aromatic N) is 3. The van der Waals surface area contributed by atoms with E-state index in [1.165, 1.54) is 23.7 Å². The van der Waals surface area contributed by atoms with E-state index in [9.17, 15) is 9.18 Å². The largest absolute Gasteiger partial charge is 0.338 e. The van der Waals surface area contributed by atoms with Gasteiger partial charge in [-0.1, -0.05) is 16.6 Å². The Balaban J connectivity index is 1.57. The Labute approximate surface area is 139 Å². The van der Waals surface area contributed by atoms with Crippen LogP contribution < -0.4 is 0 Å². The molecule has 4 nitrogen and oxygen atoms in total. The van der Waals surface area contributed by atoms with E-state index in [-0.39, 0.29) is 11.7 Å². The SMILES string of the molecule is Cc1nnsc1C(=O)N1CCCC(CCc2ccc(F)cc2)C1. The summed E-state index contributed by atoms with van der Waals surface area (Å²) in [5.41, 5.74) is 1.87. The van der Waals surface area contributed by atoms with Crippen LogP contribution in [0.1, 0.15) is 40.2 Å². The third-order valence-electron chi connectivity index (χ3n) is 4.41. The summed E-state index contributed by atoms with van der Waals surface area (Å²) in [7, 11) is 0. The number of rotatable bonds is 4. The molecule has 1 atom stereocenters. The summed E-state index contributed by atoms with van der Waals surface area (Å²) in [5.74, 6) is 0.361. The maximum Gasteiger partial charge on any atom is 0.267 e. The van der Waals surface area contributed by atoms with Gasteiger partial charge in [-0.2, -0.15) is 0 Å². The molecular weight excluding hydrogens is 313 g/mol. The molecule has 1 aliphatic heterocycles. The zero-order valence-corrected chi connectivity index (χ0v) is 14.0. The highest BCUT2D eigenvalue weighted by atomic mass is 32.1. The third kappa shape index (κ3) is 3.93. The topological polar surface area (TPSA) is 46.1 Å². The van der Waals surface area contributed by atoms with Crippen molar-refractivity contribution in [1.29, 1.82) is 0 Å². The number of aryl methyl sites for hydroxylation is 2. The molecule has 0 spiro atoms. The van der Waals surface area contributed by atoms with Crippen LogP contribution in [-0.4, -0.2) is 33.5 Å². The van der Waals surface area contributed by atoms with Crippen LogP contribution >= 0.6 is 11.5 Å². The number of carbonyl (C=O) groups excluding carboxylic acids is 1. The summed E-state index contributed by atoms with van der Waals surface area (Å²) in [6, 6.07) is 6.69. The molecule has 1 aliphatic rings. The number of halogens is 1. The molecule has 0 saturated carbocycles. The molecule has 1 fully saturated rings. The van der Waals surface area contributed by atoms with Crippen LogP contribution in [0.4, 0.5) is 4.39 Å². The van der Waals surface area contributed by atoms with E-state index in [2.05, 4.69) is 9.59 Å². The van der Waals surface area contributed by atoms with Crippen molar-refractivity contribution in [2.24, 2.45) is 5.92 Å². The second kappa shape index (κ2) is 7.17. The van der Waals surface area contributed by atoms with Crippen molar-refractivity contribution in [2.45, 2.75) is 32.6 Å². The van der Waals surface area contributed by atoms with Crippen molar-refractivity contribution in [3.05, 3.63) is 46.2 Å². The Morgan fingerprint density at radius 3 is 2.87 bits per heavy atom. The van der Waals surface area contributed by atoms with Gasteiger partial charge >= 0.3 is 0 Å². The lowest BCUT2D eigenvalue weighted by Gasteiger charge is -2.32. The van der Waals surface area contributed by atoms with Crippen LogP contribution in [0.3, 0.4) is 0 Å². The van der Waals surface area contributed by atoms with Gasteiger partial charge in [-0.25, -0.2) is 4.39 Å². The van der Waals surface area contributed by atoms with E-state index >= 15 is 0 Å². The number of carbonyl (C=O) groups is 1. The molecular formula is C17H20FN3OS. The molecule has 2 aromatic rings. The first-order chi connectivity index (χ1) is 11.1. The Morgan fingerprint density at radius 2 is 2.17 bits per heavy atom. The molecule has 0 radical (unpaired) electrons. The van der Waals surface area contributed by atoms with Crippen molar-refractivity contribution in [3.8, 4) is 0 Å². The monoisotopic (exact) mass is 333 g/mol. The number of benzene rings is 1. The fourth-order valence-electron chi connectivity index (χ4n) is 3.08. The van der Waals surface area contributed by atoms with Crippen LogP contribution in [-0.2, 0) is 6.42 Å². The fourth-order valence-corrected chi connectivity index (χ4v) is 3.70. The van der Waals surface area contributed by atoms with Crippen LogP contribution in [0.25, 0.3) is 0 Å². The minimum Gasteiger partial charge on any atom is -0.338 e. The molecule has 6 heteroatoms. The first-order valence-corrected chi connectivity index (χ1v) is 8.73. The zero-order valence-electron chi connectivity index (χ0n) is 13.2. The molecule has 1 saturated heterocycles. The molecule has 1 aromatic heterocycles. The van der Waals surface area contributed by atoms with E-state index in [4.69, 9.17) is 0 Å². The van der Waals surface area contributed by atoms with Gasteiger partial charge in [-0.3, -0.25) is 4.79 Å². The first-order valence-electron chi connectivity index (χ1n) is 7.96. The highest BCUT2D eigenvalue weighted by Crippen LogP contribution is 2.24. The van der Waals surface area contributed by atoms with Gasteiger partial charge in [-0.15, -0.1) is 5.10 Å². The van der Waals surface area contributed by atoms with Crippen LogP contribution in [0.2, 0.25) is 0 Å². The number of hydrogen-bond acceptors (Lipinski definition) is 4. The fraction of sp³-hybridized carbons (Fsp3) is 0.471. The minimum absolute atomic E-state index is 0.0592. The smallest absolute Gasteiger partial charge is 0.267 e. The molecule has 1 unspecified atom stereocenters. The van der Waals surface area contributed by atoms with Gasteiger partial charge < -0.3 is 4.90 Å². The predicted octanol–water partition coefficient (Wildman–Crippen LogP) is 3.47. The molecule has 1 aromatic carbocycles. The Bertz CT molecular complexity index is 671. The van der Waals surface area contributed by atoms with Crippen LogP contribution in [0.5, 0.6) is 0 Å². The molecule has 23 heavy (non-hydrogen) atoms. The molecule has 3 rings (SSSR count). The Morgan fingerprint density at radius 1 is 1.39 bits per heavy atom. The summed E-state index contributed by atoms with van der Waals surface area (Å²) in [6.07, 6.45) is 4.12. The third-order valence-corrected chi connectivity index (χ3v) is 5.22. The normalized spacial score (nSPS) is 18.2. The van der Waals surface area contributed by atoms with Crippen molar-refractivity contribution in [3.63, 3.8) is 0 Å². The summed E-state index contributed by atoms with van der Waals surface area (Å²) < 4.78 is 16.8. The van der Waals surface area contributed by atoms with Crippen molar-refractivity contribution in [2.75, 3.05) is 13.1 Å². The second-order valence-corrected chi connectivity index (χ2v) is 6.87. The molecule has 0 bridgehead atoms. The Kier molecular flexibility index (Phi) is 5.00. The summed E-state index contributed by atoms with van der Waals surface area (Å²) >= 11 is 1.18. The average Bonchev–Trinajstić information content (AvgIpc) is 3.00. The number of aromatic nitrogens is 2. The van der Waals surface area contributed by atoms with E-state index in [0.717, 1.165) is 44.3 Å². The first kappa shape index (κ1) is 16.1. The molecule has 2 heterocycles. The number of piperidine rings is 1. The van der Waals surface area contributed by atoms with Crippen molar-refractivity contribution in [1.82, 2.24) is 14.5 Å². The highest BCUT2D eigenvalue weighted by Gasteiger charge is 2.26. The van der Waals surface area contributed by atoms with Gasteiger partial charge in [0.1, 0.15) is 10.7 Å². The average molecular weight is 333 g/mol. The van der Waals surface area contributed by atoms with E-state index in [1.807, 2.05) is 24.0 Å². The van der Waals surface area contributed by atoms with Crippen molar-refractivity contribution >= 4 is 17.4 Å². The molecule has 0 aliphatic carbocycles. The van der Waals surface area contributed by atoms with Crippen LogP contribution in [0.15, 0.2) is 24.3 Å². The lowest BCUT2D eigenvalue weighted by molar-refractivity contribution is 0.0672. The highest BCUT2D eigenvalue weighted by molar-refractivity contribution is 7.07. The van der Waals surface area contributed by atoms with Gasteiger partial charge in [0.15, 0.2) is 0 Å². The van der Waals surface area contributed by atoms with Gasteiger partial charge in [0.2, 0.25) is 0 Å². The van der Waals surface area contributed by atoms with Crippen LogP contribution in [0, 0.1) is 18.7 Å². The van der Waals surface area contributed by atoms with Gasteiger partial charge in [0, 0.05) is 13.1 Å². The standard InChI is InChI=1S/C17H20FN3OS/c1-12-16(23-20-19-12)17(22)21-10-2-3-14(11-21)5-4-13-6-8-15(18)9-7-13/h6-9,14H,2-5,10-11H2,1H3. The number of likely N-dealkylation sites (tertiary alicyclic amines) is 1. The second-order valence-electron chi connectivity index (χ2n) is 6.11. The Hall–Kier alpha value is -1.82. The zero-order chi connectivity index (χ0) is 16.2. The van der Waals surface area contributed by atoms with E-state index in [1.54, 1.807) is 0 Å². The quantitative estimate of drug-likeness (QED) is 0.861.